The van der Waals surface area contributed by atoms with Gasteiger partial charge in [0.05, 0.1) is 13.2 Å². The number of unbranched alkanes of at least 4 members (excludes halogenated alkanes) is 1. The molecule has 0 aliphatic carbocycles. The van der Waals surface area contributed by atoms with E-state index in [-0.39, 0.29) is 0 Å². The van der Waals surface area contributed by atoms with Gasteiger partial charge in [0, 0.05) is 11.8 Å². The SMILES string of the molecule is Cc1ccc(OCCCCOc2cccc(C(C)C)c2)cc1N. The molecule has 3 heteroatoms. The zero-order valence-corrected chi connectivity index (χ0v) is 14.3. The summed E-state index contributed by atoms with van der Waals surface area (Å²) in [5, 5.41) is 0. The van der Waals surface area contributed by atoms with Crippen LogP contribution in [0, 0.1) is 6.92 Å². The van der Waals surface area contributed by atoms with Crippen molar-refractivity contribution < 1.29 is 9.47 Å². The van der Waals surface area contributed by atoms with Crippen LogP contribution in [0.3, 0.4) is 0 Å². The van der Waals surface area contributed by atoms with Gasteiger partial charge in [0.2, 0.25) is 0 Å². The second kappa shape index (κ2) is 8.47. The van der Waals surface area contributed by atoms with Crippen molar-refractivity contribution in [3.05, 3.63) is 53.6 Å². The lowest BCUT2D eigenvalue weighted by Gasteiger charge is -2.11. The number of aryl methyl sites for hydroxylation is 1. The Morgan fingerprint density at radius 2 is 1.57 bits per heavy atom. The summed E-state index contributed by atoms with van der Waals surface area (Å²) in [6.45, 7) is 7.76. The first-order chi connectivity index (χ1) is 11.1. The Kier molecular flexibility index (Phi) is 6.33. The largest absolute Gasteiger partial charge is 0.494 e. The van der Waals surface area contributed by atoms with E-state index in [0.717, 1.165) is 35.6 Å². The molecule has 0 aromatic heterocycles. The zero-order chi connectivity index (χ0) is 16.7. The Bertz CT molecular complexity index is 623. The minimum Gasteiger partial charge on any atom is -0.494 e. The fourth-order valence-electron chi connectivity index (χ4n) is 2.26. The highest BCUT2D eigenvalue weighted by molar-refractivity contribution is 5.50. The highest BCUT2D eigenvalue weighted by Crippen LogP contribution is 2.21. The normalized spacial score (nSPS) is 10.8. The quantitative estimate of drug-likeness (QED) is 0.554. The van der Waals surface area contributed by atoms with Gasteiger partial charge < -0.3 is 15.2 Å². The molecule has 0 unspecified atom stereocenters. The first kappa shape index (κ1) is 17.2. The Morgan fingerprint density at radius 1 is 0.913 bits per heavy atom. The minimum atomic E-state index is 0.522. The van der Waals surface area contributed by atoms with Gasteiger partial charge in [0.15, 0.2) is 0 Å². The Labute approximate surface area is 139 Å². The number of hydrogen-bond acceptors (Lipinski definition) is 3. The molecule has 2 aromatic rings. The Morgan fingerprint density at radius 3 is 2.17 bits per heavy atom. The number of nitrogen functional groups attached to an aromatic ring is 1. The number of rotatable bonds is 8. The standard InChI is InChI=1S/C20H27NO2/c1-15(2)17-7-6-8-18(13-17)22-11-4-5-12-23-19-10-9-16(3)20(21)14-19/h6-10,13-15H,4-5,11-12,21H2,1-3H3. The molecule has 0 bridgehead atoms. The van der Waals surface area contributed by atoms with Gasteiger partial charge in [-0.2, -0.15) is 0 Å². The second-order valence-corrected chi connectivity index (χ2v) is 6.15. The average molecular weight is 313 g/mol. The fraction of sp³-hybridized carbons (Fsp3) is 0.400. The number of benzene rings is 2. The molecule has 0 spiro atoms. The van der Waals surface area contributed by atoms with Crippen molar-refractivity contribution in [3.8, 4) is 11.5 Å². The summed E-state index contributed by atoms with van der Waals surface area (Å²) < 4.78 is 11.5. The van der Waals surface area contributed by atoms with E-state index in [1.165, 1.54) is 5.56 Å². The van der Waals surface area contributed by atoms with E-state index in [1.54, 1.807) is 0 Å². The van der Waals surface area contributed by atoms with Gasteiger partial charge in [-0.05, 0) is 55.0 Å². The molecule has 2 rings (SSSR count). The van der Waals surface area contributed by atoms with E-state index in [0.29, 0.717) is 19.1 Å². The lowest BCUT2D eigenvalue weighted by atomic mass is 10.0. The molecular weight excluding hydrogens is 286 g/mol. The van der Waals surface area contributed by atoms with Gasteiger partial charge >= 0.3 is 0 Å². The van der Waals surface area contributed by atoms with Crippen molar-refractivity contribution in [2.24, 2.45) is 0 Å². The molecule has 0 aliphatic rings. The lowest BCUT2D eigenvalue weighted by Crippen LogP contribution is -2.03. The maximum Gasteiger partial charge on any atom is 0.121 e. The third-order valence-corrected chi connectivity index (χ3v) is 3.85. The third-order valence-electron chi connectivity index (χ3n) is 3.85. The summed E-state index contributed by atoms with van der Waals surface area (Å²) in [6.07, 6.45) is 1.92. The van der Waals surface area contributed by atoms with E-state index in [4.69, 9.17) is 15.2 Å². The predicted molar refractivity (Wildman–Crippen MR) is 96.3 cm³/mol. The molecule has 2 aromatic carbocycles. The number of hydrogen-bond donors (Lipinski definition) is 1. The lowest BCUT2D eigenvalue weighted by molar-refractivity contribution is 0.266. The second-order valence-electron chi connectivity index (χ2n) is 6.15. The van der Waals surface area contributed by atoms with Crippen LogP contribution in [-0.2, 0) is 0 Å². The molecule has 0 fully saturated rings. The maximum absolute atomic E-state index is 5.87. The maximum atomic E-state index is 5.87. The van der Waals surface area contributed by atoms with Crippen LogP contribution in [0.4, 0.5) is 5.69 Å². The summed E-state index contributed by atoms with van der Waals surface area (Å²) in [5.41, 5.74) is 9.03. The van der Waals surface area contributed by atoms with Crippen LogP contribution < -0.4 is 15.2 Å². The van der Waals surface area contributed by atoms with Crippen molar-refractivity contribution >= 4 is 5.69 Å². The summed E-state index contributed by atoms with van der Waals surface area (Å²) in [6, 6.07) is 14.1. The van der Waals surface area contributed by atoms with Crippen LogP contribution in [0.2, 0.25) is 0 Å². The minimum absolute atomic E-state index is 0.522. The van der Waals surface area contributed by atoms with Crippen LogP contribution in [-0.4, -0.2) is 13.2 Å². The van der Waals surface area contributed by atoms with Crippen LogP contribution in [0.25, 0.3) is 0 Å². The molecular formula is C20H27NO2. The van der Waals surface area contributed by atoms with Crippen LogP contribution in [0.15, 0.2) is 42.5 Å². The van der Waals surface area contributed by atoms with E-state index in [1.807, 2.05) is 31.2 Å². The Hall–Kier alpha value is -2.16. The third kappa shape index (κ3) is 5.51. The molecule has 0 saturated carbocycles. The van der Waals surface area contributed by atoms with Gasteiger partial charge in [-0.3, -0.25) is 0 Å². The first-order valence-corrected chi connectivity index (χ1v) is 8.28. The number of nitrogens with two attached hydrogens (primary N) is 1. The number of anilines is 1. The van der Waals surface area contributed by atoms with Gasteiger partial charge in [-0.1, -0.05) is 32.0 Å². The van der Waals surface area contributed by atoms with Crippen LogP contribution >= 0.6 is 0 Å². The average Bonchev–Trinajstić information content (AvgIpc) is 2.54. The fourth-order valence-corrected chi connectivity index (χ4v) is 2.26. The molecule has 0 atom stereocenters. The molecule has 2 N–H and O–H groups in total. The van der Waals surface area contributed by atoms with Crippen molar-refractivity contribution in [1.82, 2.24) is 0 Å². The molecule has 0 heterocycles. The summed E-state index contributed by atoms with van der Waals surface area (Å²) in [5.74, 6) is 2.30. The van der Waals surface area contributed by atoms with Crippen molar-refractivity contribution in [1.29, 1.82) is 0 Å². The van der Waals surface area contributed by atoms with E-state index in [9.17, 15) is 0 Å². The van der Waals surface area contributed by atoms with Crippen LogP contribution in [0.1, 0.15) is 43.7 Å². The predicted octanol–water partition coefficient (Wildman–Crippen LogP) is 4.94. The summed E-state index contributed by atoms with van der Waals surface area (Å²) >= 11 is 0. The van der Waals surface area contributed by atoms with Crippen LogP contribution in [0.5, 0.6) is 11.5 Å². The molecule has 0 aliphatic heterocycles. The first-order valence-electron chi connectivity index (χ1n) is 8.28. The molecule has 23 heavy (non-hydrogen) atoms. The van der Waals surface area contributed by atoms with Gasteiger partial charge in [0.25, 0.3) is 0 Å². The highest BCUT2D eigenvalue weighted by atomic mass is 16.5. The van der Waals surface area contributed by atoms with Gasteiger partial charge in [0.1, 0.15) is 11.5 Å². The summed E-state index contributed by atoms with van der Waals surface area (Å²) in [7, 11) is 0. The van der Waals surface area contributed by atoms with E-state index in [2.05, 4.69) is 32.0 Å². The summed E-state index contributed by atoms with van der Waals surface area (Å²) in [4.78, 5) is 0. The van der Waals surface area contributed by atoms with Gasteiger partial charge in [-0.15, -0.1) is 0 Å². The molecule has 124 valence electrons. The smallest absolute Gasteiger partial charge is 0.121 e. The molecule has 0 amide bonds. The topological polar surface area (TPSA) is 44.5 Å². The van der Waals surface area contributed by atoms with E-state index >= 15 is 0 Å². The monoisotopic (exact) mass is 313 g/mol. The highest BCUT2D eigenvalue weighted by Gasteiger charge is 2.01. The van der Waals surface area contributed by atoms with Crippen molar-refractivity contribution in [3.63, 3.8) is 0 Å². The van der Waals surface area contributed by atoms with Gasteiger partial charge in [-0.25, -0.2) is 0 Å². The Balaban J connectivity index is 1.66. The van der Waals surface area contributed by atoms with Crippen molar-refractivity contribution in [2.75, 3.05) is 18.9 Å². The molecule has 0 radical (unpaired) electrons. The molecule has 0 saturated heterocycles. The molecule has 3 nitrogen and oxygen atoms in total. The van der Waals surface area contributed by atoms with E-state index < -0.39 is 0 Å². The number of ether oxygens (including phenoxy) is 2. The zero-order valence-electron chi connectivity index (χ0n) is 14.3. The van der Waals surface area contributed by atoms with Crippen molar-refractivity contribution in [2.45, 2.75) is 39.5 Å².